The molecule has 1 aromatic carbocycles. The Morgan fingerprint density at radius 2 is 2.03 bits per heavy atom. The number of likely N-dealkylation sites (tertiary alicyclic amines) is 1. The molecule has 0 aliphatic carbocycles. The number of phenols is 1. The van der Waals surface area contributed by atoms with Gasteiger partial charge in [-0.15, -0.1) is 0 Å². The first-order valence-corrected chi connectivity index (χ1v) is 12.4. The molecule has 9 heteroatoms. The number of esters is 1. The first kappa shape index (κ1) is 26.7. The molecule has 0 spiro atoms. The van der Waals surface area contributed by atoms with Gasteiger partial charge >= 0.3 is 5.97 Å². The lowest BCUT2D eigenvalue weighted by Crippen LogP contribution is -2.35. The van der Waals surface area contributed by atoms with Crippen molar-refractivity contribution in [2.45, 2.75) is 57.9 Å². The number of aromatic hydroxyl groups is 1. The van der Waals surface area contributed by atoms with Crippen LogP contribution in [0.1, 0.15) is 60.9 Å². The van der Waals surface area contributed by atoms with E-state index in [9.17, 15) is 15.0 Å². The molecule has 1 unspecified atom stereocenters. The van der Waals surface area contributed by atoms with Crippen LogP contribution in [0.2, 0.25) is 0 Å². The average molecular weight is 486 g/mol. The van der Waals surface area contributed by atoms with Gasteiger partial charge in [-0.1, -0.05) is 25.5 Å². The van der Waals surface area contributed by atoms with Crippen LogP contribution in [-0.4, -0.2) is 70.9 Å². The first-order valence-electron chi connectivity index (χ1n) is 12.4. The summed E-state index contributed by atoms with van der Waals surface area (Å²) in [5.74, 6) is 0.309. The lowest BCUT2D eigenvalue weighted by Gasteiger charge is -2.33. The minimum absolute atomic E-state index is 0.0257. The van der Waals surface area contributed by atoms with Crippen molar-refractivity contribution in [2.24, 2.45) is 5.92 Å². The Morgan fingerprint density at radius 3 is 2.63 bits per heavy atom. The van der Waals surface area contributed by atoms with Gasteiger partial charge in [0.15, 0.2) is 0 Å². The summed E-state index contributed by atoms with van der Waals surface area (Å²) in [4.78, 5) is 23.7. The van der Waals surface area contributed by atoms with Crippen LogP contribution < -0.4 is 11.1 Å². The van der Waals surface area contributed by atoms with Crippen molar-refractivity contribution in [3.05, 3.63) is 40.6 Å². The van der Waals surface area contributed by atoms with Gasteiger partial charge in [0, 0.05) is 17.7 Å². The number of nitrogen functional groups attached to an aromatic ring is 1. The third-order valence-corrected chi connectivity index (χ3v) is 6.96. The van der Waals surface area contributed by atoms with Gasteiger partial charge in [0.1, 0.15) is 11.6 Å². The SMILES string of the molecule is CCC[C@@H](CO)Nc1nc(N)nc(C)c1Cc1ccc(C(C(=O)OC)C2CCN(C)CC2)cc1O. The number of phenolic OH excluding ortho intramolecular Hbond substituents is 1. The first-order chi connectivity index (χ1) is 16.8. The number of aromatic nitrogens is 2. The van der Waals surface area contributed by atoms with Crippen molar-refractivity contribution in [2.75, 3.05) is 44.9 Å². The Hall–Kier alpha value is -2.91. The highest BCUT2D eigenvalue weighted by molar-refractivity contribution is 5.78. The van der Waals surface area contributed by atoms with E-state index in [-0.39, 0.29) is 36.2 Å². The van der Waals surface area contributed by atoms with Crippen LogP contribution in [0.25, 0.3) is 0 Å². The van der Waals surface area contributed by atoms with E-state index in [1.807, 2.05) is 19.1 Å². The molecule has 5 N–H and O–H groups in total. The standard InChI is InChI=1S/C26H39N5O4/c1-5-6-20(15-32)29-24-21(16(2)28-26(27)30-24)13-18-7-8-19(14-22(18)33)23(25(34)35-4)17-9-11-31(3)12-10-17/h7-8,14,17,20,23,32-33H,5-6,9-13,15H2,1-4H3,(H3,27,28,29,30)/t20-,23?/m0/s1. The zero-order valence-corrected chi connectivity index (χ0v) is 21.3. The van der Waals surface area contributed by atoms with E-state index >= 15 is 0 Å². The summed E-state index contributed by atoms with van der Waals surface area (Å²) in [6, 6.07) is 5.29. The Balaban J connectivity index is 1.89. The maximum atomic E-state index is 12.7. The zero-order chi connectivity index (χ0) is 25.5. The highest BCUT2D eigenvalue weighted by Crippen LogP contribution is 2.36. The van der Waals surface area contributed by atoms with Crippen molar-refractivity contribution in [3.63, 3.8) is 0 Å². The second kappa shape index (κ2) is 12.2. The van der Waals surface area contributed by atoms with E-state index in [2.05, 4.69) is 34.2 Å². The van der Waals surface area contributed by atoms with E-state index in [0.29, 0.717) is 23.5 Å². The third-order valence-electron chi connectivity index (χ3n) is 6.96. The van der Waals surface area contributed by atoms with Gasteiger partial charge in [-0.3, -0.25) is 4.79 Å². The summed E-state index contributed by atoms with van der Waals surface area (Å²) in [5, 5.41) is 24.0. The molecule has 9 nitrogen and oxygen atoms in total. The lowest BCUT2D eigenvalue weighted by molar-refractivity contribution is -0.144. The van der Waals surface area contributed by atoms with Crippen LogP contribution in [0.15, 0.2) is 18.2 Å². The van der Waals surface area contributed by atoms with Crippen LogP contribution in [0, 0.1) is 12.8 Å². The molecule has 2 aromatic rings. The number of benzene rings is 1. The highest BCUT2D eigenvalue weighted by Gasteiger charge is 2.33. The minimum atomic E-state index is -0.410. The fourth-order valence-corrected chi connectivity index (χ4v) is 4.90. The average Bonchev–Trinajstić information content (AvgIpc) is 2.83. The quantitative estimate of drug-likeness (QED) is 0.375. The number of piperidine rings is 1. The Bertz CT molecular complexity index is 1010. The lowest BCUT2D eigenvalue weighted by atomic mass is 9.79. The molecule has 2 atom stereocenters. The Morgan fingerprint density at radius 1 is 1.31 bits per heavy atom. The van der Waals surface area contributed by atoms with Crippen LogP contribution in [0.4, 0.5) is 11.8 Å². The molecule has 3 rings (SSSR count). The van der Waals surface area contributed by atoms with Crippen molar-refractivity contribution in [1.29, 1.82) is 0 Å². The fourth-order valence-electron chi connectivity index (χ4n) is 4.90. The number of carbonyl (C=O) groups is 1. The molecule has 1 aliphatic heterocycles. The van der Waals surface area contributed by atoms with Gasteiger partial charge in [-0.2, -0.15) is 4.98 Å². The number of aryl methyl sites for hydroxylation is 1. The molecule has 1 saturated heterocycles. The molecular formula is C26H39N5O4. The van der Waals surface area contributed by atoms with Crippen LogP contribution >= 0.6 is 0 Å². The van der Waals surface area contributed by atoms with Crippen molar-refractivity contribution in [3.8, 4) is 5.75 Å². The maximum absolute atomic E-state index is 12.7. The Kier molecular flexibility index (Phi) is 9.28. The number of aliphatic hydroxyl groups excluding tert-OH is 1. The maximum Gasteiger partial charge on any atom is 0.313 e. The highest BCUT2D eigenvalue weighted by atomic mass is 16.5. The van der Waals surface area contributed by atoms with E-state index in [0.717, 1.165) is 49.9 Å². The number of nitrogens with zero attached hydrogens (tertiary/aromatic N) is 3. The zero-order valence-electron chi connectivity index (χ0n) is 21.3. The molecular weight excluding hydrogens is 446 g/mol. The summed E-state index contributed by atoms with van der Waals surface area (Å²) in [7, 11) is 3.50. The molecule has 192 valence electrons. The van der Waals surface area contributed by atoms with E-state index < -0.39 is 5.92 Å². The molecule has 1 aliphatic rings. The molecule has 1 fully saturated rings. The summed E-state index contributed by atoms with van der Waals surface area (Å²) < 4.78 is 5.13. The number of ether oxygens (including phenoxy) is 1. The number of rotatable bonds is 10. The molecule has 1 aromatic heterocycles. The molecule has 0 bridgehead atoms. The number of hydrogen-bond donors (Lipinski definition) is 4. The second-order valence-electron chi connectivity index (χ2n) is 9.51. The smallest absolute Gasteiger partial charge is 0.313 e. The van der Waals surface area contributed by atoms with Gasteiger partial charge in [-0.05, 0) is 69.4 Å². The molecule has 0 amide bonds. The summed E-state index contributed by atoms with van der Waals surface area (Å²) in [6.07, 6.45) is 3.87. The number of anilines is 2. The largest absolute Gasteiger partial charge is 0.508 e. The third kappa shape index (κ3) is 6.61. The summed E-state index contributed by atoms with van der Waals surface area (Å²) in [6.45, 7) is 5.74. The molecule has 35 heavy (non-hydrogen) atoms. The molecule has 0 saturated carbocycles. The van der Waals surface area contributed by atoms with Crippen LogP contribution in [0.3, 0.4) is 0 Å². The van der Waals surface area contributed by atoms with Crippen molar-refractivity contribution >= 4 is 17.7 Å². The predicted octanol–water partition coefficient (Wildman–Crippen LogP) is 2.83. The normalized spacial score (nSPS) is 16.6. The van der Waals surface area contributed by atoms with Gasteiger partial charge < -0.3 is 30.9 Å². The topological polar surface area (TPSA) is 134 Å². The minimum Gasteiger partial charge on any atom is -0.508 e. The van der Waals surface area contributed by atoms with E-state index in [1.54, 1.807) is 6.07 Å². The van der Waals surface area contributed by atoms with Gasteiger partial charge in [0.25, 0.3) is 0 Å². The van der Waals surface area contributed by atoms with E-state index in [4.69, 9.17) is 10.5 Å². The van der Waals surface area contributed by atoms with Crippen molar-refractivity contribution < 1.29 is 19.7 Å². The van der Waals surface area contributed by atoms with Crippen LogP contribution in [0.5, 0.6) is 5.75 Å². The van der Waals surface area contributed by atoms with Gasteiger partial charge in [-0.25, -0.2) is 4.98 Å². The van der Waals surface area contributed by atoms with Crippen LogP contribution in [-0.2, 0) is 16.0 Å². The van der Waals surface area contributed by atoms with Gasteiger partial charge in [0.2, 0.25) is 5.95 Å². The Labute approximate surface area is 207 Å². The monoisotopic (exact) mass is 485 g/mol. The number of nitrogens with two attached hydrogens (primary N) is 1. The van der Waals surface area contributed by atoms with E-state index in [1.165, 1.54) is 7.11 Å². The second-order valence-corrected chi connectivity index (χ2v) is 9.51. The number of hydrogen-bond acceptors (Lipinski definition) is 9. The number of nitrogens with one attached hydrogen (secondary N) is 1. The summed E-state index contributed by atoms with van der Waals surface area (Å²) in [5.41, 5.74) is 8.86. The molecule has 0 radical (unpaired) electrons. The predicted molar refractivity (Wildman–Crippen MR) is 136 cm³/mol. The number of methoxy groups -OCH3 is 1. The summed E-state index contributed by atoms with van der Waals surface area (Å²) >= 11 is 0. The number of carbonyl (C=O) groups excluding carboxylic acids is 1. The number of aliphatic hydroxyl groups is 1. The molecule has 2 heterocycles. The fraction of sp³-hybridized carbons (Fsp3) is 0.577. The van der Waals surface area contributed by atoms with Gasteiger partial charge in [0.05, 0.1) is 25.7 Å². The van der Waals surface area contributed by atoms with Crippen molar-refractivity contribution in [1.82, 2.24) is 14.9 Å².